The summed E-state index contributed by atoms with van der Waals surface area (Å²) in [6.45, 7) is 0.496. The SMILES string of the molecule is O=C(O)C1CCCN1C(=O)c1ccc(-c2ccco2)cc1. The predicted molar refractivity (Wildman–Crippen MR) is 75.8 cm³/mol. The number of rotatable bonds is 3. The van der Waals surface area contributed by atoms with Crippen molar-refractivity contribution in [3.63, 3.8) is 0 Å². The maximum atomic E-state index is 12.4. The van der Waals surface area contributed by atoms with E-state index in [0.717, 1.165) is 17.7 Å². The summed E-state index contributed by atoms with van der Waals surface area (Å²) in [5.74, 6) is -0.433. The van der Waals surface area contributed by atoms with Crippen LogP contribution in [0.1, 0.15) is 23.2 Å². The molecule has 1 fully saturated rings. The number of carboxylic acid groups (broad SMARTS) is 1. The van der Waals surface area contributed by atoms with Crippen LogP contribution in [0, 0.1) is 0 Å². The van der Waals surface area contributed by atoms with Crippen LogP contribution in [0.15, 0.2) is 47.1 Å². The number of carbonyl (C=O) groups is 2. The third kappa shape index (κ3) is 2.54. The van der Waals surface area contributed by atoms with Crippen molar-refractivity contribution < 1.29 is 19.1 Å². The van der Waals surface area contributed by atoms with Gasteiger partial charge in [0.15, 0.2) is 0 Å². The van der Waals surface area contributed by atoms with Crippen molar-refractivity contribution in [1.29, 1.82) is 0 Å². The zero-order chi connectivity index (χ0) is 14.8. The number of hydrogen-bond donors (Lipinski definition) is 1. The van der Waals surface area contributed by atoms with Crippen molar-refractivity contribution >= 4 is 11.9 Å². The van der Waals surface area contributed by atoms with E-state index in [-0.39, 0.29) is 5.91 Å². The van der Waals surface area contributed by atoms with Gasteiger partial charge in [0.1, 0.15) is 11.8 Å². The molecule has 1 amide bonds. The first-order chi connectivity index (χ1) is 10.2. The third-order valence-electron chi connectivity index (χ3n) is 3.74. The Balaban J connectivity index is 1.80. The molecular weight excluding hydrogens is 270 g/mol. The Kier molecular flexibility index (Phi) is 3.48. The summed E-state index contributed by atoms with van der Waals surface area (Å²) in [5.41, 5.74) is 1.38. The Morgan fingerprint density at radius 3 is 2.57 bits per heavy atom. The smallest absolute Gasteiger partial charge is 0.326 e. The molecule has 108 valence electrons. The second-order valence-corrected chi connectivity index (χ2v) is 5.05. The molecule has 2 heterocycles. The van der Waals surface area contributed by atoms with Gasteiger partial charge in [-0.2, -0.15) is 0 Å². The predicted octanol–water partition coefficient (Wildman–Crippen LogP) is 2.64. The zero-order valence-electron chi connectivity index (χ0n) is 11.4. The highest BCUT2D eigenvalue weighted by Crippen LogP contribution is 2.23. The van der Waals surface area contributed by atoms with E-state index in [1.165, 1.54) is 4.90 Å². The topological polar surface area (TPSA) is 70.8 Å². The second kappa shape index (κ2) is 5.44. The molecule has 1 saturated heterocycles. The fraction of sp³-hybridized carbons (Fsp3) is 0.250. The molecule has 0 radical (unpaired) electrons. The maximum Gasteiger partial charge on any atom is 0.326 e. The summed E-state index contributed by atoms with van der Waals surface area (Å²) in [5, 5.41) is 9.14. The number of benzene rings is 1. The van der Waals surface area contributed by atoms with E-state index >= 15 is 0 Å². The molecule has 1 aromatic heterocycles. The first kappa shape index (κ1) is 13.4. The molecule has 0 aliphatic carbocycles. The van der Waals surface area contributed by atoms with E-state index in [2.05, 4.69) is 0 Å². The Morgan fingerprint density at radius 1 is 1.19 bits per heavy atom. The number of carbonyl (C=O) groups excluding carboxylic acids is 1. The van der Waals surface area contributed by atoms with E-state index in [9.17, 15) is 9.59 Å². The lowest BCUT2D eigenvalue weighted by atomic mass is 10.1. The minimum absolute atomic E-state index is 0.231. The van der Waals surface area contributed by atoms with Crippen LogP contribution in [0.3, 0.4) is 0 Å². The van der Waals surface area contributed by atoms with E-state index in [0.29, 0.717) is 18.5 Å². The van der Waals surface area contributed by atoms with Gasteiger partial charge in [-0.05, 0) is 37.1 Å². The fourth-order valence-electron chi connectivity index (χ4n) is 2.65. The Morgan fingerprint density at radius 2 is 1.95 bits per heavy atom. The molecule has 0 spiro atoms. The molecule has 1 unspecified atom stereocenters. The molecule has 5 heteroatoms. The van der Waals surface area contributed by atoms with Gasteiger partial charge in [-0.15, -0.1) is 0 Å². The van der Waals surface area contributed by atoms with Gasteiger partial charge >= 0.3 is 5.97 Å². The largest absolute Gasteiger partial charge is 0.480 e. The van der Waals surface area contributed by atoms with Crippen LogP contribution < -0.4 is 0 Å². The summed E-state index contributed by atoms with van der Waals surface area (Å²) in [6, 6.07) is 9.96. The van der Waals surface area contributed by atoms with E-state index in [1.54, 1.807) is 36.6 Å². The number of furan rings is 1. The molecule has 1 aliphatic heterocycles. The van der Waals surface area contributed by atoms with Gasteiger partial charge in [-0.3, -0.25) is 4.79 Å². The van der Waals surface area contributed by atoms with Crippen LogP contribution >= 0.6 is 0 Å². The Labute approximate surface area is 121 Å². The number of carboxylic acids is 1. The van der Waals surface area contributed by atoms with Crippen LogP contribution in [-0.4, -0.2) is 34.5 Å². The van der Waals surface area contributed by atoms with Gasteiger partial charge in [-0.25, -0.2) is 4.79 Å². The van der Waals surface area contributed by atoms with Gasteiger partial charge in [0, 0.05) is 17.7 Å². The van der Waals surface area contributed by atoms with E-state index in [1.807, 2.05) is 6.07 Å². The molecule has 0 bridgehead atoms. The van der Waals surface area contributed by atoms with Crippen molar-refractivity contribution in [3.05, 3.63) is 48.2 Å². The molecule has 1 aliphatic rings. The lowest BCUT2D eigenvalue weighted by Crippen LogP contribution is -2.40. The zero-order valence-corrected chi connectivity index (χ0v) is 11.4. The second-order valence-electron chi connectivity index (χ2n) is 5.05. The average molecular weight is 285 g/mol. The van der Waals surface area contributed by atoms with Crippen molar-refractivity contribution in [2.75, 3.05) is 6.54 Å². The molecule has 3 rings (SSSR count). The third-order valence-corrected chi connectivity index (χ3v) is 3.74. The molecule has 1 aromatic carbocycles. The number of nitrogens with zero attached hydrogens (tertiary/aromatic N) is 1. The van der Waals surface area contributed by atoms with Crippen molar-refractivity contribution in [2.45, 2.75) is 18.9 Å². The molecule has 1 N–H and O–H groups in total. The molecule has 2 aromatic rings. The van der Waals surface area contributed by atoms with Crippen LogP contribution in [-0.2, 0) is 4.79 Å². The van der Waals surface area contributed by atoms with E-state index < -0.39 is 12.0 Å². The highest BCUT2D eigenvalue weighted by molar-refractivity contribution is 5.97. The van der Waals surface area contributed by atoms with Gasteiger partial charge in [0.25, 0.3) is 5.91 Å². The van der Waals surface area contributed by atoms with Crippen LogP contribution in [0.4, 0.5) is 0 Å². The summed E-state index contributed by atoms with van der Waals surface area (Å²) >= 11 is 0. The molecule has 0 saturated carbocycles. The number of hydrogen-bond acceptors (Lipinski definition) is 3. The quantitative estimate of drug-likeness (QED) is 0.941. The van der Waals surface area contributed by atoms with Crippen LogP contribution in [0.2, 0.25) is 0 Å². The minimum atomic E-state index is -0.937. The van der Waals surface area contributed by atoms with Crippen LogP contribution in [0.5, 0.6) is 0 Å². The van der Waals surface area contributed by atoms with Crippen molar-refractivity contribution in [3.8, 4) is 11.3 Å². The maximum absolute atomic E-state index is 12.4. The first-order valence-electron chi connectivity index (χ1n) is 6.84. The summed E-state index contributed by atoms with van der Waals surface area (Å²) < 4.78 is 5.30. The fourth-order valence-corrected chi connectivity index (χ4v) is 2.65. The summed E-state index contributed by atoms with van der Waals surface area (Å²) in [6.07, 6.45) is 2.84. The normalized spacial score (nSPS) is 17.9. The minimum Gasteiger partial charge on any atom is -0.480 e. The Hall–Kier alpha value is -2.56. The Bertz CT molecular complexity index is 645. The molecule has 21 heavy (non-hydrogen) atoms. The van der Waals surface area contributed by atoms with Crippen molar-refractivity contribution in [1.82, 2.24) is 4.90 Å². The van der Waals surface area contributed by atoms with Gasteiger partial charge in [0.05, 0.1) is 6.26 Å². The molecular formula is C16H15NO4. The summed E-state index contributed by atoms with van der Waals surface area (Å²) in [7, 11) is 0. The van der Waals surface area contributed by atoms with Crippen molar-refractivity contribution in [2.24, 2.45) is 0 Å². The highest BCUT2D eigenvalue weighted by atomic mass is 16.4. The molecule has 1 atom stereocenters. The highest BCUT2D eigenvalue weighted by Gasteiger charge is 2.34. The summed E-state index contributed by atoms with van der Waals surface area (Å²) in [4.78, 5) is 25.0. The molecule has 5 nitrogen and oxygen atoms in total. The number of aliphatic carboxylic acids is 1. The lowest BCUT2D eigenvalue weighted by Gasteiger charge is -2.21. The lowest BCUT2D eigenvalue weighted by molar-refractivity contribution is -0.141. The monoisotopic (exact) mass is 285 g/mol. The number of amides is 1. The van der Waals surface area contributed by atoms with E-state index in [4.69, 9.17) is 9.52 Å². The number of likely N-dealkylation sites (tertiary alicyclic amines) is 1. The van der Waals surface area contributed by atoms with Crippen LogP contribution in [0.25, 0.3) is 11.3 Å². The first-order valence-corrected chi connectivity index (χ1v) is 6.84. The van der Waals surface area contributed by atoms with Gasteiger partial charge in [-0.1, -0.05) is 12.1 Å². The van der Waals surface area contributed by atoms with Gasteiger partial charge < -0.3 is 14.4 Å². The van der Waals surface area contributed by atoms with Gasteiger partial charge in [0.2, 0.25) is 0 Å². The standard InChI is InChI=1S/C16H15NO4/c18-15(17-9-1-3-13(17)16(19)20)12-7-5-11(6-8-12)14-4-2-10-21-14/h2,4-8,10,13H,1,3,9H2,(H,19,20). The average Bonchev–Trinajstić information content (AvgIpc) is 3.18.